The number of carbonyl (C=O) groups excluding carboxylic acids is 2. The maximum atomic E-state index is 13.4. The summed E-state index contributed by atoms with van der Waals surface area (Å²) >= 11 is 0. The van der Waals surface area contributed by atoms with Gasteiger partial charge in [-0.05, 0) is 43.2 Å². The van der Waals surface area contributed by atoms with Gasteiger partial charge in [0.1, 0.15) is 11.6 Å². The Hall–Kier alpha value is -2.89. The fourth-order valence-electron chi connectivity index (χ4n) is 1.88. The van der Waals surface area contributed by atoms with Crippen LogP contribution >= 0.6 is 0 Å². The molecule has 0 aromatic heterocycles. The lowest BCUT2D eigenvalue weighted by atomic mass is 10.1. The Morgan fingerprint density at radius 1 is 1.09 bits per heavy atom. The minimum Gasteiger partial charge on any atom is -0.483 e. The SMILES string of the molecule is Cc1ccc(C)c(OCC(=O)NNC(=O)c2ccccc2F)c1. The number of rotatable bonds is 4. The molecule has 2 aromatic carbocycles. The molecule has 2 amide bonds. The Labute approximate surface area is 133 Å². The first-order chi connectivity index (χ1) is 11.0. The fourth-order valence-corrected chi connectivity index (χ4v) is 1.88. The molecular weight excluding hydrogens is 299 g/mol. The van der Waals surface area contributed by atoms with Crippen LogP contribution in [0, 0.1) is 19.7 Å². The van der Waals surface area contributed by atoms with Gasteiger partial charge in [0, 0.05) is 0 Å². The van der Waals surface area contributed by atoms with Gasteiger partial charge in [0.25, 0.3) is 11.8 Å². The molecule has 0 aliphatic rings. The van der Waals surface area contributed by atoms with E-state index in [0.29, 0.717) is 5.75 Å². The largest absolute Gasteiger partial charge is 0.483 e. The lowest BCUT2D eigenvalue weighted by molar-refractivity contribution is -0.123. The molecule has 0 saturated carbocycles. The van der Waals surface area contributed by atoms with Crippen LogP contribution in [-0.2, 0) is 4.79 Å². The van der Waals surface area contributed by atoms with Gasteiger partial charge in [0.05, 0.1) is 5.56 Å². The first kappa shape index (κ1) is 16.5. The lowest BCUT2D eigenvalue weighted by Crippen LogP contribution is -2.44. The molecule has 0 aliphatic heterocycles. The Morgan fingerprint density at radius 3 is 2.57 bits per heavy atom. The van der Waals surface area contributed by atoms with Crippen LogP contribution < -0.4 is 15.6 Å². The van der Waals surface area contributed by atoms with Gasteiger partial charge in [-0.25, -0.2) is 4.39 Å². The van der Waals surface area contributed by atoms with Gasteiger partial charge in [-0.1, -0.05) is 24.3 Å². The highest BCUT2D eigenvalue weighted by Gasteiger charge is 2.12. The van der Waals surface area contributed by atoms with Gasteiger partial charge in [-0.2, -0.15) is 0 Å². The van der Waals surface area contributed by atoms with E-state index in [2.05, 4.69) is 10.9 Å². The van der Waals surface area contributed by atoms with Crippen LogP contribution in [0.25, 0.3) is 0 Å². The quantitative estimate of drug-likeness (QED) is 0.851. The molecule has 0 radical (unpaired) electrons. The molecule has 2 N–H and O–H groups in total. The summed E-state index contributed by atoms with van der Waals surface area (Å²) in [5.41, 5.74) is 6.09. The number of benzene rings is 2. The highest BCUT2D eigenvalue weighted by Crippen LogP contribution is 2.18. The Bertz CT molecular complexity index is 732. The summed E-state index contributed by atoms with van der Waals surface area (Å²) in [4.78, 5) is 23.4. The molecule has 0 heterocycles. The molecule has 2 rings (SSSR count). The van der Waals surface area contributed by atoms with Gasteiger partial charge in [0.15, 0.2) is 6.61 Å². The molecule has 0 fully saturated rings. The minimum atomic E-state index is -0.733. The van der Waals surface area contributed by atoms with Gasteiger partial charge in [0.2, 0.25) is 0 Å². The van der Waals surface area contributed by atoms with Crippen LogP contribution in [-0.4, -0.2) is 18.4 Å². The maximum Gasteiger partial charge on any atom is 0.276 e. The molecular formula is C17H17FN2O3. The molecule has 23 heavy (non-hydrogen) atoms. The zero-order chi connectivity index (χ0) is 16.8. The van der Waals surface area contributed by atoms with Gasteiger partial charge < -0.3 is 4.74 Å². The number of amides is 2. The molecule has 6 heteroatoms. The van der Waals surface area contributed by atoms with Gasteiger partial charge >= 0.3 is 0 Å². The van der Waals surface area contributed by atoms with Crippen LogP contribution in [0.1, 0.15) is 21.5 Å². The number of hydrogen-bond acceptors (Lipinski definition) is 3. The Balaban J connectivity index is 1.85. The van der Waals surface area contributed by atoms with E-state index in [-0.39, 0.29) is 12.2 Å². The number of ether oxygens (including phenoxy) is 1. The average Bonchev–Trinajstić information content (AvgIpc) is 2.54. The number of halogens is 1. The highest BCUT2D eigenvalue weighted by molar-refractivity contribution is 5.95. The van der Waals surface area contributed by atoms with Crippen LogP contribution in [0.3, 0.4) is 0 Å². The zero-order valence-electron chi connectivity index (χ0n) is 12.9. The average molecular weight is 316 g/mol. The summed E-state index contributed by atoms with van der Waals surface area (Å²) in [7, 11) is 0. The van der Waals surface area contributed by atoms with E-state index in [4.69, 9.17) is 4.74 Å². The van der Waals surface area contributed by atoms with Crippen LogP contribution in [0.5, 0.6) is 5.75 Å². The van der Waals surface area contributed by atoms with Crippen molar-refractivity contribution in [2.24, 2.45) is 0 Å². The second kappa shape index (κ2) is 7.40. The Kier molecular flexibility index (Phi) is 5.30. The van der Waals surface area contributed by atoms with Gasteiger partial charge in [-0.3, -0.25) is 20.4 Å². The third-order valence-electron chi connectivity index (χ3n) is 3.14. The predicted octanol–water partition coefficient (Wildman–Crippen LogP) is 2.28. The van der Waals surface area contributed by atoms with Crippen molar-refractivity contribution in [1.29, 1.82) is 0 Å². The first-order valence-electron chi connectivity index (χ1n) is 7.01. The molecule has 0 unspecified atom stereocenters. The standard InChI is InChI=1S/C17H17FN2O3/c1-11-7-8-12(2)15(9-11)23-10-16(21)19-20-17(22)13-5-3-4-6-14(13)18/h3-9H,10H2,1-2H3,(H,19,21)(H,20,22). The fraction of sp³-hybridized carbons (Fsp3) is 0.176. The summed E-state index contributed by atoms with van der Waals surface area (Å²) in [6.45, 7) is 3.52. The molecule has 0 atom stereocenters. The summed E-state index contributed by atoms with van der Waals surface area (Å²) in [5, 5.41) is 0. The van der Waals surface area contributed by atoms with E-state index < -0.39 is 17.6 Å². The molecule has 0 saturated heterocycles. The minimum absolute atomic E-state index is 0.150. The molecule has 0 spiro atoms. The van der Waals surface area contributed by atoms with E-state index in [1.54, 1.807) is 0 Å². The second-order valence-electron chi connectivity index (χ2n) is 5.04. The van der Waals surface area contributed by atoms with E-state index >= 15 is 0 Å². The van der Waals surface area contributed by atoms with Crippen LogP contribution in [0.15, 0.2) is 42.5 Å². The van der Waals surface area contributed by atoms with Crippen molar-refractivity contribution in [3.8, 4) is 5.75 Å². The molecule has 2 aromatic rings. The van der Waals surface area contributed by atoms with Crippen molar-refractivity contribution < 1.29 is 18.7 Å². The van der Waals surface area contributed by atoms with E-state index in [1.807, 2.05) is 32.0 Å². The number of carbonyl (C=O) groups is 2. The van der Waals surface area contributed by atoms with Crippen molar-refractivity contribution >= 4 is 11.8 Å². The van der Waals surface area contributed by atoms with E-state index in [0.717, 1.165) is 11.1 Å². The van der Waals surface area contributed by atoms with Crippen molar-refractivity contribution in [2.45, 2.75) is 13.8 Å². The monoisotopic (exact) mass is 316 g/mol. The number of hydrogen-bond donors (Lipinski definition) is 2. The third kappa shape index (κ3) is 4.54. The summed E-state index contributed by atoms with van der Waals surface area (Å²) < 4.78 is 18.8. The van der Waals surface area contributed by atoms with Crippen molar-refractivity contribution in [2.75, 3.05) is 6.61 Å². The molecule has 5 nitrogen and oxygen atoms in total. The predicted molar refractivity (Wildman–Crippen MR) is 83.4 cm³/mol. The van der Waals surface area contributed by atoms with Crippen LogP contribution in [0.4, 0.5) is 4.39 Å². The first-order valence-corrected chi connectivity index (χ1v) is 7.01. The number of aryl methyl sites for hydroxylation is 2. The molecule has 120 valence electrons. The van der Waals surface area contributed by atoms with Crippen molar-refractivity contribution in [3.05, 3.63) is 65.0 Å². The topological polar surface area (TPSA) is 67.4 Å². The molecule has 0 aliphatic carbocycles. The maximum absolute atomic E-state index is 13.4. The highest BCUT2D eigenvalue weighted by atomic mass is 19.1. The summed E-state index contributed by atoms with van der Waals surface area (Å²) in [6, 6.07) is 11.1. The summed E-state index contributed by atoms with van der Waals surface area (Å²) in [6.07, 6.45) is 0. The smallest absolute Gasteiger partial charge is 0.276 e. The van der Waals surface area contributed by atoms with Gasteiger partial charge in [-0.15, -0.1) is 0 Å². The molecule has 0 bridgehead atoms. The van der Waals surface area contributed by atoms with E-state index in [1.165, 1.54) is 24.3 Å². The third-order valence-corrected chi connectivity index (χ3v) is 3.14. The number of hydrazine groups is 1. The lowest BCUT2D eigenvalue weighted by Gasteiger charge is -2.11. The Morgan fingerprint density at radius 2 is 1.83 bits per heavy atom. The van der Waals surface area contributed by atoms with Crippen molar-refractivity contribution in [3.63, 3.8) is 0 Å². The zero-order valence-corrected chi connectivity index (χ0v) is 12.9. The second-order valence-corrected chi connectivity index (χ2v) is 5.04. The van der Waals surface area contributed by atoms with E-state index in [9.17, 15) is 14.0 Å². The van der Waals surface area contributed by atoms with Crippen LogP contribution in [0.2, 0.25) is 0 Å². The normalized spacial score (nSPS) is 10.0. The van der Waals surface area contributed by atoms with Crippen molar-refractivity contribution in [1.82, 2.24) is 10.9 Å². The summed E-state index contributed by atoms with van der Waals surface area (Å²) in [5.74, 6) is -1.34. The number of nitrogens with one attached hydrogen (secondary N) is 2.